The molecule has 0 aliphatic carbocycles. The van der Waals surface area contributed by atoms with Crippen molar-refractivity contribution in [1.29, 1.82) is 0 Å². The Morgan fingerprint density at radius 2 is 2.33 bits per heavy atom. The molecular formula is C12H20ClN3O2. The van der Waals surface area contributed by atoms with Crippen LogP contribution in [0.1, 0.15) is 38.2 Å². The molecule has 1 atom stereocenters. The third kappa shape index (κ3) is 4.31. The molecule has 0 saturated carbocycles. The van der Waals surface area contributed by atoms with Crippen LogP contribution in [-0.2, 0) is 22.5 Å². The topological polar surface area (TPSA) is 67.0 Å². The second-order valence-electron chi connectivity index (χ2n) is 4.18. The minimum atomic E-state index is -0.367. The first-order valence-electron chi connectivity index (χ1n) is 6.13. The first kappa shape index (κ1) is 15.0. The van der Waals surface area contributed by atoms with E-state index in [4.69, 9.17) is 11.6 Å². The van der Waals surface area contributed by atoms with Gasteiger partial charge in [0.15, 0.2) is 5.15 Å². The summed E-state index contributed by atoms with van der Waals surface area (Å²) in [4.78, 5) is 18.6. The lowest BCUT2D eigenvalue weighted by atomic mass is 10.2. The summed E-state index contributed by atoms with van der Waals surface area (Å²) in [6, 6.07) is -0.367. The summed E-state index contributed by atoms with van der Waals surface area (Å²) < 4.78 is 4.63. The number of carbonyl (C=O) groups excluding carboxylic acids is 1. The molecule has 0 unspecified atom stereocenters. The van der Waals surface area contributed by atoms with Crippen LogP contribution in [0.5, 0.6) is 0 Å². The number of aryl methyl sites for hydroxylation is 1. The number of nitrogens with one attached hydrogen (secondary N) is 2. The van der Waals surface area contributed by atoms with Crippen LogP contribution >= 0.6 is 11.6 Å². The lowest BCUT2D eigenvalue weighted by Crippen LogP contribution is -2.34. The van der Waals surface area contributed by atoms with Gasteiger partial charge in [-0.15, -0.1) is 0 Å². The van der Waals surface area contributed by atoms with Gasteiger partial charge in [-0.2, -0.15) is 0 Å². The maximum Gasteiger partial charge on any atom is 0.322 e. The molecule has 0 aliphatic rings. The van der Waals surface area contributed by atoms with Gasteiger partial charge in [-0.3, -0.25) is 10.1 Å². The summed E-state index contributed by atoms with van der Waals surface area (Å²) >= 11 is 6.02. The van der Waals surface area contributed by atoms with E-state index < -0.39 is 0 Å². The highest BCUT2D eigenvalue weighted by molar-refractivity contribution is 6.30. The smallest absolute Gasteiger partial charge is 0.322 e. The number of esters is 1. The SMILES string of the molecule is CCCCc1nc(Cl)c(CN[C@@H](C)C(=O)OC)[nH]1. The van der Waals surface area contributed by atoms with E-state index in [0.29, 0.717) is 11.7 Å². The molecule has 0 radical (unpaired) electrons. The number of halogens is 1. The van der Waals surface area contributed by atoms with E-state index in [9.17, 15) is 4.79 Å². The van der Waals surface area contributed by atoms with Gasteiger partial charge in [0.1, 0.15) is 11.9 Å². The summed E-state index contributed by atoms with van der Waals surface area (Å²) in [6.07, 6.45) is 3.09. The fraction of sp³-hybridized carbons (Fsp3) is 0.667. The van der Waals surface area contributed by atoms with Crippen LogP contribution < -0.4 is 5.32 Å². The number of carbonyl (C=O) groups is 1. The van der Waals surface area contributed by atoms with E-state index in [0.717, 1.165) is 30.8 Å². The number of hydrogen-bond donors (Lipinski definition) is 2. The quantitative estimate of drug-likeness (QED) is 0.746. The number of hydrogen-bond acceptors (Lipinski definition) is 4. The zero-order chi connectivity index (χ0) is 13.5. The zero-order valence-corrected chi connectivity index (χ0v) is 11.8. The summed E-state index contributed by atoms with van der Waals surface area (Å²) in [5.74, 6) is 0.598. The minimum absolute atomic E-state index is 0.295. The van der Waals surface area contributed by atoms with Gasteiger partial charge < -0.3 is 9.72 Å². The van der Waals surface area contributed by atoms with Crippen LogP contribution in [0.15, 0.2) is 0 Å². The van der Waals surface area contributed by atoms with Crippen LogP contribution in [0.3, 0.4) is 0 Å². The Balaban J connectivity index is 2.51. The second-order valence-corrected chi connectivity index (χ2v) is 4.54. The molecule has 1 aromatic heterocycles. The third-order valence-corrected chi connectivity index (χ3v) is 3.00. The van der Waals surface area contributed by atoms with Gasteiger partial charge in [0.05, 0.1) is 12.8 Å². The number of ether oxygens (including phenoxy) is 1. The van der Waals surface area contributed by atoms with Gasteiger partial charge in [0, 0.05) is 13.0 Å². The summed E-state index contributed by atoms with van der Waals surface area (Å²) in [5, 5.41) is 3.49. The summed E-state index contributed by atoms with van der Waals surface area (Å²) in [5.41, 5.74) is 0.804. The Hall–Kier alpha value is -1.07. The maximum absolute atomic E-state index is 11.2. The molecule has 0 aliphatic heterocycles. The van der Waals surface area contributed by atoms with Crippen LogP contribution in [0.4, 0.5) is 0 Å². The lowest BCUT2D eigenvalue weighted by molar-refractivity contribution is -0.142. The zero-order valence-electron chi connectivity index (χ0n) is 11.0. The fourth-order valence-corrected chi connectivity index (χ4v) is 1.75. The number of rotatable bonds is 7. The van der Waals surface area contributed by atoms with Gasteiger partial charge >= 0.3 is 5.97 Å². The van der Waals surface area contributed by atoms with E-state index in [2.05, 4.69) is 26.9 Å². The Morgan fingerprint density at radius 1 is 1.61 bits per heavy atom. The lowest BCUT2D eigenvalue weighted by Gasteiger charge is -2.10. The molecule has 5 nitrogen and oxygen atoms in total. The molecule has 2 N–H and O–H groups in total. The number of methoxy groups -OCH3 is 1. The number of unbranched alkanes of at least 4 members (excludes halogenated alkanes) is 1. The number of H-pyrrole nitrogens is 1. The number of aromatic amines is 1. The van der Waals surface area contributed by atoms with E-state index in [1.807, 2.05) is 0 Å². The standard InChI is InChI=1S/C12H20ClN3O2/c1-4-5-6-10-15-9(11(13)16-10)7-14-8(2)12(17)18-3/h8,14H,4-7H2,1-3H3,(H,15,16)/t8-/m0/s1. The highest BCUT2D eigenvalue weighted by atomic mass is 35.5. The monoisotopic (exact) mass is 273 g/mol. The molecule has 102 valence electrons. The Kier molecular flexibility index (Phi) is 6.15. The molecule has 1 rings (SSSR count). The van der Waals surface area contributed by atoms with Crippen molar-refractivity contribution in [2.24, 2.45) is 0 Å². The van der Waals surface area contributed by atoms with Crippen molar-refractivity contribution in [3.8, 4) is 0 Å². The minimum Gasteiger partial charge on any atom is -0.468 e. The van der Waals surface area contributed by atoms with Crippen molar-refractivity contribution in [1.82, 2.24) is 15.3 Å². The highest BCUT2D eigenvalue weighted by Gasteiger charge is 2.14. The summed E-state index contributed by atoms with van der Waals surface area (Å²) in [6.45, 7) is 4.34. The normalized spacial score (nSPS) is 12.4. The van der Waals surface area contributed by atoms with Crippen molar-refractivity contribution < 1.29 is 9.53 Å². The van der Waals surface area contributed by atoms with E-state index in [1.54, 1.807) is 6.92 Å². The van der Waals surface area contributed by atoms with E-state index in [-0.39, 0.29) is 12.0 Å². The van der Waals surface area contributed by atoms with Crippen molar-refractivity contribution in [2.45, 2.75) is 45.7 Å². The second kappa shape index (κ2) is 7.38. The predicted molar refractivity (Wildman–Crippen MR) is 70.5 cm³/mol. The Labute approximate surface area is 112 Å². The molecule has 0 amide bonds. The number of aromatic nitrogens is 2. The van der Waals surface area contributed by atoms with E-state index in [1.165, 1.54) is 7.11 Å². The van der Waals surface area contributed by atoms with E-state index >= 15 is 0 Å². The molecular weight excluding hydrogens is 254 g/mol. The van der Waals surface area contributed by atoms with Crippen LogP contribution in [0.2, 0.25) is 5.15 Å². The van der Waals surface area contributed by atoms with Gasteiger partial charge in [0.2, 0.25) is 0 Å². The van der Waals surface area contributed by atoms with Crippen molar-refractivity contribution in [3.05, 3.63) is 16.7 Å². The molecule has 0 saturated heterocycles. The molecule has 18 heavy (non-hydrogen) atoms. The molecule has 6 heteroatoms. The van der Waals surface area contributed by atoms with Gasteiger partial charge in [-0.25, -0.2) is 4.98 Å². The van der Waals surface area contributed by atoms with Crippen molar-refractivity contribution in [3.63, 3.8) is 0 Å². The summed E-state index contributed by atoms with van der Waals surface area (Å²) in [7, 11) is 1.37. The first-order valence-corrected chi connectivity index (χ1v) is 6.50. The maximum atomic E-state index is 11.2. The Bertz CT molecular complexity index is 393. The van der Waals surface area contributed by atoms with Crippen molar-refractivity contribution >= 4 is 17.6 Å². The van der Waals surface area contributed by atoms with Crippen LogP contribution in [0.25, 0.3) is 0 Å². The number of imidazole rings is 1. The fourth-order valence-electron chi connectivity index (χ4n) is 1.53. The van der Waals surface area contributed by atoms with Gasteiger partial charge in [0.25, 0.3) is 0 Å². The highest BCUT2D eigenvalue weighted by Crippen LogP contribution is 2.14. The third-order valence-electron chi connectivity index (χ3n) is 2.68. The molecule has 0 fully saturated rings. The average molecular weight is 274 g/mol. The van der Waals surface area contributed by atoms with Gasteiger partial charge in [-0.05, 0) is 13.3 Å². The van der Waals surface area contributed by atoms with Crippen LogP contribution in [-0.4, -0.2) is 29.1 Å². The molecule has 1 heterocycles. The molecule has 1 aromatic rings. The molecule has 0 aromatic carbocycles. The average Bonchev–Trinajstić information content (AvgIpc) is 2.73. The van der Waals surface area contributed by atoms with Gasteiger partial charge in [-0.1, -0.05) is 24.9 Å². The number of nitrogens with zero attached hydrogens (tertiary/aromatic N) is 1. The molecule has 0 bridgehead atoms. The van der Waals surface area contributed by atoms with Crippen LogP contribution in [0, 0.1) is 0 Å². The van der Waals surface area contributed by atoms with Crippen molar-refractivity contribution in [2.75, 3.05) is 7.11 Å². The predicted octanol–water partition coefficient (Wildman–Crippen LogP) is 2.06. The first-order chi connectivity index (χ1) is 8.58. The Morgan fingerprint density at radius 3 is 2.94 bits per heavy atom. The largest absolute Gasteiger partial charge is 0.468 e. The molecule has 0 spiro atoms.